The average Bonchev–Trinajstić information content (AvgIpc) is 3.10. The molecule has 3 rings (SSSR count). The summed E-state index contributed by atoms with van der Waals surface area (Å²) in [6, 6.07) is 6.50. The summed E-state index contributed by atoms with van der Waals surface area (Å²) in [7, 11) is 0. The van der Waals surface area contributed by atoms with E-state index in [-0.39, 0.29) is 17.6 Å². The van der Waals surface area contributed by atoms with Gasteiger partial charge in [-0.05, 0) is 42.9 Å². The smallest absolute Gasteiger partial charge is 0.222 e. The van der Waals surface area contributed by atoms with E-state index >= 15 is 0 Å². The molecule has 1 aliphatic heterocycles. The number of carbonyl (C=O) groups excluding carboxylic acids is 1. The van der Waals surface area contributed by atoms with Gasteiger partial charge in [-0.25, -0.2) is 9.37 Å². The highest BCUT2D eigenvalue weighted by Gasteiger charge is 2.29. The van der Waals surface area contributed by atoms with E-state index in [4.69, 9.17) is 0 Å². The van der Waals surface area contributed by atoms with Crippen molar-refractivity contribution in [1.29, 1.82) is 0 Å². The maximum Gasteiger partial charge on any atom is 0.222 e. The van der Waals surface area contributed by atoms with Gasteiger partial charge in [-0.3, -0.25) is 4.79 Å². The standard InChI is InChI=1S/C19H24FN3O2/c20-17-4-1-3-15(12-17)11-16-6-9-23(13-18(16)24)19(25)5-2-8-22-10-7-21-14-22/h1,3-4,7,10,12,14,16,18,24H,2,5-6,8-9,11,13H2/t16-,18+/m1/s1. The third-order valence-corrected chi connectivity index (χ3v) is 4.83. The molecule has 0 radical (unpaired) electrons. The summed E-state index contributed by atoms with van der Waals surface area (Å²) in [6.45, 7) is 1.79. The molecule has 2 atom stereocenters. The Morgan fingerprint density at radius 3 is 3.00 bits per heavy atom. The summed E-state index contributed by atoms with van der Waals surface area (Å²) in [5.41, 5.74) is 0.893. The molecule has 0 spiro atoms. The van der Waals surface area contributed by atoms with Crippen LogP contribution in [0.2, 0.25) is 0 Å². The van der Waals surface area contributed by atoms with Gasteiger partial charge >= 0.3 is 0 Å². The Bertz CT molecular complexity index is 690. The minimum absolute atomic E-state index is 0.0665. The normalized spacial score (nSPS) is 20.6. The second-order valence-corrected chi connectivity index (χ2v) is 6.69. The molecule has 5 nitrogen and oxygen atoms in total. The van der Waals surface area contributed by atoms with Crippen LogP contribution in [-0.2, 0) is 17.8 Å². The second-order valence-electron chi connectivity index (χ2n) is 6.69. The number of halogens is 1. The van der Waals surface area contributed by atoms with Crippen LogP contribution < -0.4 is 0 Å². The number of carbonyl (C=O) groups is 1. The fraction of sp³-hybridized carbons (Fsp3) is 0.474. The molecule has 1 saturated heterocycles. The Balaban J connectivity index is 1.45. The number of piperidine rings is 1. The van der Waals surface area contributed by atoms with E-state index in [1.165, 1.54) is 12.1 Å². The van der Waals surface area contributed by atoms with Crippen LogP contribution in [0.15, 0.2) is 43.0 Å². The number of β-amino-alcohol motifs (C(OH)–C–C–N with tert-alkyl or cyclic N) is 1. The molecule has 2 aromatic rings. The van der Waals surface area contributed by atoms with Gasteiger partial charge in [0.2, 0.25) is 5.91 Å². The van der Waals surface area contributed by atoms with Crippen LogP contribution in [0.5, 0.6) is 0 Å². The molecule has 0 unspecified atom stereocenters. The molecule has 0 saturated carbocycles. The summed E-state index contributed by atoms with van der Waals surface area (Å²) in [5, 5.41) is 10.4. The van der Waals surface area contributed by atoms with Crippen LogP contribution in [0.1, 0.15) is 24.8 Å². The third-order valence-electron chi connectivity index (χ3n) is 4.83. The fourth-order valence-electron chi connectivity index (χ4n) is 3.40. The van der Waals surface area contributed by atoms with Crippen LogP contribution >= 0.6 is 0 Å². The molecule has 1 aliphatic rings. The van der Waals surface area contributed by atoms with Crippen molar-refractivity contribution in [3.8, 4) is 0 Å². The van der Waals surface area contributed by atoms with Crippen LogP contribution in [0.25, 0.3) is 0 Å². The Labute approximate surface area is 147 Å². The number of aliphatic hydroxyl groups is 1. The first-order valence-electron chi connectivity index (χ1n) is 8.78. The van der Waals surface area contributed by atoms with Gasteiger partial charge in [0.1, 0.15) is 5.82 Å². The largest absolute Gasteiger partial charge is 0.391 e. The molecule has 0 bridgehead atoms. The van der Waals surface area contributed by atoms with Crippen molar-refractivity contribution < 1.29 is 14.3 Å². The molecular weight excluding hydrogens is 321 g/mol. The van der Waals surface area contributed by atoms with E-state index in [2.05, 4.69) is 4.98 Å². The topological polar surface area (TPSA) is 58.4 Å². The highest BCUT2D eigenvalue weighted by atomic mass is 19.1. The Morgan fingerprint density at radius 2 is 2.28 bits per heavy atom. The van der Waals surface area contributed by atoms with E-state index < -0.39 is 6.10 Å². The molecular formula is C19H24FN3O2. The highest BCUT2D eigenvalue weighted by Crippen LogP contribution is 2.23. The van der Waals surface area contributed by atoms with E-state index in [0.29, 0.717) is 25.9 Å². The van der Waals surface area contributed by atoms with Crippen LogP contribution in [0, 0.1) is 11.7 Å². The first-order chi connectivity index (χ1) is 12.1. The Kier molecular flexibility index (Phi) is 5.81. The predicted octanol–water partition coefficient (Wildman–Crippen LogP) is 2.25. The summed E-state index contributed by atoms with van der Waals surface area (Å²) in [5.74, 6) is -0.0994. The van der Waals surface area contributed by atoms with Crippen LogP contribution in [0.4, 0.5) is 4.39 Å². The average molecular weight is 345 g/mol. The number of nitrogens with zero attached hydrogens (tertiary/aromatic N) is 3. The fourth-order valence-corrected chi connectivity index (χ4v) is 3.40. The van der Waals surface area contributed by atoms with E-state index in [1.54, 1.807) is 23.5 Å². The van der Waals surface area contributed by atoms with Crippen molar-refractivity contribution >= 4 is 5.91 Å². The molecule has 1 amide bonds. The summed E-state index contributed by atoms with van der Waals surface area (Å²) >= 11 is 0. The lowest BCUT2D eigenvalue weighted by atomic mass is 9.87. The summed E-state index contributed by atoms with van der Waals surface area (Å²) < 4.78 is 15.2. The minimum atomic E-state index is -0.561. The van der Waals surface area contributed by atoms with Gasteiger partial charge in [-0.15, -0.1) is 0 Å². The van der Waals surface area contributed by atoms with Gasteiger partial charge < -0.3 is 14.6 Å². The van der Waals surface area contributed by atoms with Gasteiger partial charge in [0.25, 0.3) is 0 Å². The SMILES string of the molecule is O=C(CCCn1ccnc1)N1CC[C@H](Cc2cccc(F)c2)[C@@H](O)C1. The number of hydrogen-bond acceptors (Lipinski definition) is 3. The highest BCUT2D eigenvalue weighted by molar-refractivity contribution is 5.76. The number of hydrogen-bond donors (Lipinski definition) is 1. The third kappa shape index (κ3) is 4.89. The van der Waals surface area contributed by atoms with Gasteiger partial charge in [0.05, 0.1) is 12.4 Å². The number of aryl methyl sites for hydroxylation is 1. The molecule has 25 heavy (non-hydrogen) atoms. The molecule has 134 valence electrons. The number of amides is 1. The molecule has 1 N–H and O–H groups in total. The quantitative estimate of drug-likeness (QED) is 0.874. The first kappa shape index (κ1) is 17.6. The maximum absolute atomic E-state index is 13.3. The minimum Gasteiger partial charge on any atom is -0.391 e. The lowest BCUT2D eigenvalue weighted by Gasteiger charge is -2.36. The van der Waals surface area contributed by atoms with Crippen molar-refractivity contribution in [2.45, 2.75) is 38.3 Å². The number of benzene rings is 1. The molecule has 0 aliphatic carbocycles. The van der Waals surface area contributed by atoms with Gasteiger partial charge in [0, 0.05) is 38.4 Å². The van der Waals surface area contributed by atoms with E-state index in [9.17, 15) is 14.3 Å². The van der Waals surface area contributed by atoms with Crippen LogP contribution in [0.3, 0.4) is 0 Å². The molecule has 6 heteroatoms. The van der Waals surface area contributed by atoms with Gasteiger partial charge in [0.15, 0.2) is 0 Å². The van der Waals surface area contributed by atoms with Crippen molar-refractivity contribution in [3.63, 3.8) is 0 Å². The second kappa shape index (κ2) is 8.25. The van der Waals surface area contributed by atoms with E-state index in [1.807, 2.05) is 16.8 Å². The number of rotatable bonds is 6. The monoisotopic (exact) mass is 345 g/mol. The molecule has 1 aromatic carbocycles. The van der Waals surface area contributed by atoms with Crippen molar-refractivity contribution in [1.82, 2.24) is 14.5 Å². The van der Waals surface area contributed by atoms with Crippen molar-refractivity contribution in [3.05, 3.63) is 54.4 Å². The van der Waals surface area contributed by atoms with Crippen LogP contribution in [-0.4, -0.2) is 44.7 Å². The number of likely N-dealkylation sites (tertiary alicyclic amines) is 1. The summed E-state index contributed by atoms with van der Waals surface area (Å²) in [6.07, 6.45) is 7.40. The lowest BCUT2D eigenvalue weighted by Crippen LogP contribution is -2.47. The number of aliphatic hydroxyl groups excluding tert-OH is 1. The zero-order valence-electron chi connectivity index (χ0n) is 14.2. The molecule has 1 aromatic heterocycles. The van der Waals surface area contributed by atoms with Gasteiger partial charge in [-0.2, -0.15) is 0 Å². The first-order valence-corrected chi connectivity index (χ1v) is 8.78. The maximum atomic E-state index is 13.3. The van der Waals surface area contributed by atoms with Gasteiger partial charge in [-0.1, -0.05) is 12.1 Å². The Morgan fingerprint density at radius 1 is 1.40 bits per heavy atom. The number of imidazole rings is 1. The predicted molar refractivity (Wildman–Crippen MR) is 92.3 cm³/mol. The zero-order valence-corrected chi connectivity index (χ0v) is 14.2. The molecule has 1 fully saturated rings. The lowest BCUT2D eigenvalue weighted by molar-refractivity contribution is -0.135. The summed E-state index contributed by atoms with van der Waals surface area (Å²) in [4.78, 5) is 18.1. The number of aromatic nitrogens is 2. The zero-order chi connectivity index (χ0) is 17.6. The van der Waals surface area contributed by atoms with Crippen molar-refractivity contribution in [2.24, 2.45) is 5.92 Å². The van der Waals surface area contributed by atoms with E-state index in [0.717, 1.165) is 24.9 Å². The van der Waals surface area contributed by atoms with Crippen molar-refractivity contribution in [2.75, 3.05) is 13.1 Å². The Hall–Kier alpha value is -2.21. The molecule has 2 heterocycles.